The summed E-state index contributed by atoms with van der Waals surface area (Å²) < 4.78 is 32.3. The first-order valence-corrected chi connectivity index (χ1v) is 11.3. The molecule has 4 aromatic carbocycles. The Morgan fingerprint density at radius 1 is 0.906 bits per heavy atom. The Bertz CT molecular complexity index is 1560. The van der Waals surface area contributed by atoms with Gasteiger partial charge in [-0.25, -0.2) is 0 Å². The third-order valence-corrected chi connectivity index (χ3v) is 6.83. The van der Waals surface area contributed by atoms with Gasteiger partial charge in [-0.3, -0.25) is 9.59 Å². The number of benzene rings is 4. The van der Waals surface area contributed by atoms with Gasteiger partial charge in [-0.05, 0) is 30.3 Å². The van der Waals surface area contributed by atoms with Crippen LogP contribution in [0.4, 0.5) is 11.4 Å². The van der Waals surface area contributed by atoms with Crippen molar-refractivity contribution in [3.63, 3.8) is 0 Å². The Hall–Kier alpha value is -3.91. The number of nitrogens with zero attached hydrogens (tertiary/aromatic N) is 1. The third kappa shape index (κ3) is 2.99. The molecule has 0 spiro atoms. The van der Waals surface area contributed by atoms with Gasteiger partial charge in [0.05, 0.1) is 5.69 Å². The van der Waals surface area contributed by atoms with Crippen LogP contribution >= 0.6 is 0 Å². The SMILES string of the molecule is CC(=O)Nc1ccc(OS(=O)(=O)c2ccc3c4c(cccc24)C(=O)N3C)c2ccccc12. The molecule has 0 saturated heterocycles. The van der Waals surface area contributed by atoms with Crippen molar-refractivity contribution in [2.45, 2.75) is 11.8 Å². The van der Waals surface area contributed by atoms with Crippen LogP contribution in [0.2, 0.25) is 0 Å². The summed E-state index contributed by atoms with van der Waals surface area (Å²) in [4.78, 5) is 25.5. The average Bonchev–Trinajstić information content (AvgIpc) is 3.02. The van der Waals surface area contributed by atoms with E-state index in [1.54, 1.807) is 61.6 Å². The van der Waals surface area contributed by atoms with Gasteiger partial charge in [0.25, 0.3) is 5.91 Å². The maximum absolute atomic E-state index is 13.3. The zero-order chi connectivity index (χ0) is 22.6. The molecule has 5 rings (SSSR count). The molecule has 160 valence electrons. The maximum Gasteiger partial charge on any atom is 0.339 e. The number of anilines is 2. The molecule has 1 heterocycles. The minimum absolute atomic E-state index is 0.0174. The number of fused-ring (bicyclic) bond motifs is 1. The quantitative estimate of drug-likeness (QED) is 0.472. The van der Waals surface area contributed by atoms with Gasteiger partial charge < -0.3 is 14.4 Å². The first-order valence-electron chi connectivity index (χ1n) is 9.85. The lowest BCUT2D eigenvalue weighted by Crippen LogP contribution is -2.20. The molecule has 8 heteroatoms. The minimum Gasteiger partial charge on any atom is -0.378 e. The fourth-order valence-corrected chi connectivity index (χ4v) is 5.28. The van der Waals surface area contributed by atoms with Crippen molar-refractivity contribution in [3.05, 3.63) is 72.3 Å². The topological polar surface area (TPSA) is 92.8 Å². The second-order valence-electron chi connectivity index (χ2n) is 7.55. The van der Waals surface area contributed by atoms with Gasteiger partial charge in [0.2, 0.25) is 5.91 Å². The van der Waals surface area contributed by atoms with Crippen LogP contribution in [0.5, 0.6) is 5.75 Å². The summed E-state index contributed by atoms with van der Waals surface area (Å²) in [6, 6.07) is 18.3. The van der Waals surface area contributed by atoms with Crippen molar-refractivity contribution in [2.75, 3.05) is 17.3 Å². The van der Waals surface area contributed by atoms with E-state index in [9.17, 15) is 18.0 Å². The average molecular weight is 446 g/mol. The van der Waals surface area contributed by atoms with E-state index >= 15 is 0 Å². The van der Waals surface area contributed by atoms with Gasteiger partial charge in [0.1, 0.15) is 4.90 Å². The number of amides is 2. The molecule has 0 saturated carbocycles. The first kappa shape index (κ1) is 20.0. The lowest BCUT2D eigenvalue weighted by molar-refractivity contribution is -0.114. The molecule has 0 aromatic heterocycles. The highest BCUT2D eigenvalue weighted by Crippen LogP contribution is 2.40. The summed E-state index contributed by atoms with van der Waals surface area (Å²) in [5.41, 5.74) is 1.68. The molecule has 2 amide bonds. The van der Waals surface area contributed by atoms with E-state index in [4.69, 9.17) is 4.18 Å². The van der Waals surface area contributed by atoms with E-state index in [0.717, 1.165) is 0 Å². The Kier molecular flexibility index (Phi) is 4.42. The van der Waals surface area contributed by atoms with E-state index in [1.165, 1.54) is 24.0 Å². The molecule has 1 N–H and O–H groups in total. The largest absolute Gasteiger partial charge is 0.378 e. The van der Waals surface area contributed by atoms with Crippen LogP contribution in [-0.2, 0) is 14.9 Å². The van der Waals surface area contributed by atoms with E-state index in [1.807, 2.05) is 0 Å². The lowest BCUT2D eigenvalue weighted by atomic mass is 10.1. The third-order valence-electron chi connectivity index (χ3n) is 5.54. The minimum atomic E-state index is -4.23. The Balaban J connectivity index is 1.64. The number of carbonyl (C=O) groups is 2. The van der Waals surface area contributed by atoms with Crippen molar-refractivity contribution < 1.29 is 22.2 Å². The van der Waals surface area contributed by atoms with E-state index < -0.39 is 10.1 Å². The van der Waals surface area contributed by atoms with Gasteiger partial charge in [-0.15, -0.1) is 0 Å². The predicted octanol–water partition coefficient (Wildman–Crippen LogP) is 4.31. The Labute approximate surface area is 184 Å². The van der Waals surface area contributed by atoms with Gasteiger partial charge in [0.15, 0.2) is 5.75 Å². The van der Waals surface area contributed by atoms with E-state index in [2.05, 4.69) is 5.32 Å². The van der Waals surface area contributed by atoms with Gasteiger partial charge >= 0.3 is 10.1 Å². The molecule has 7 nitrogen and oxygen atoms in total. The summed E-state index contributed by atoms with van der Waals surface area (Å²) in [6.45, 7) is 1.40. The number of nitrogens with one attached hydrogen (secondary N) is 1. The highest BCUT2D eigenvalue weighted by atomic mass is 32.2. The second-order valence-corrected chi connectivity index (χ2v) is 9.07. The number of rotatable bonds is 4. The van der Waals surface area contributed by atoms with Crippen molar-refractivity contribution in [3.8, 4) is 5.75 Å². The molecular formula is C24H18N2O5S. The van der Waals surface area contributed by atoms with Crippen LogP contribution in [0.25, 0.3) is 21.5 Å². The Morgan fingerprint density at radius 2 is 1.62 bits per heavy atom. The smallest absolute Gasteiger partial charge is 0.339 e. The van der Waals surface area contributed by atoms with Crippen molar-refractivity contribution in [2.24, 2.45) is 0 Å². The van der Waals surface area contributed by atoms with Crippen LogP contribution < -0.4 is 14.4 Å². The normalized spacial score (nSPS) is 13.1. The molecule has 0 atom stereocenters. The predicted molar refractivity (Wildman–Crippen MR) is 123 cm³/mol. The molecule has 32 heavy (non-hydrogen) atoms. The molecule has 0 unspecified atom stereocenters. The van der Waals surface area contributed by atoms with Gasteiger partial charge in [-0.1, -0.05) is 36.4 Å². The highest BCUT2D eigenvalue weighted by Gasteiger charge is 2.31. The first-order chi connectivity index (χ1) is 15.3. The summed E-state index contributed by atoms with van der Waals surface area (Å²) >= 11 is 0. The molecule has 0 fully saturated rings. The van der Waals surface area contributed by atoms with Gasteiger partial charge in [-0.2, -0.15) is 8.42 Å². The molecule has 0 bridgehead atoms. The standard InChI is InChI=1S/C24H18N2O5S/c1-14(27)25-19-10-12-21(16-7-4-3-6-15(16)19)31-32(29,30)22-13-11-20-23-17(22)8-5-9-18(23)24(28)26(20)2/h3-13H,1-2H3,(H,25,27). The van der Waals surface area contributed by atoms with Crippen molar-refractivity contribution in [1.82, 2.24) is 0 Å². The van der Waals surface area contributed by atoms with E-state index in [-0.39, 0.29) is 22.5 Å². The monoisotopic (exact) mass is 446 g/mol. The number of hydrogen-bond donors (Lipinski definition) is 1. The molecular weight excluding hydrogens is 428 g/mol. The van der Waals surface area contributed by atoms with Gasteiger partial charge in [0, 0.05) is 46.8 Å². The van der Waals surface area contributed by atoms with Crippen LogP contribution in [0.15, 0.2) is 71.6 Å². The zero-order valence-electron chi connectivity index (χ0n) is 17.2. The molecule has 0 aliphatic carbocycles. The van der Waals surface area contributed by atoms with Crippen LogP contribution in [0.3, 0.4) is 0 Å². The fraction of sp³-hybridized carbons (Fsp3) is 0.0833. The summed E-state index contributed by atoms with van der Waals surface area (Å²) in [5.74, 6) is -0.268. The summed E-state index contributed by atoms with van der Waals surface area (Å²) in [6.07, 6.45) is 0. The van der Waals surface area contributed by atoms with Crippen molar-refractivity contribution >= 4 is 54.9 Å². The molecule has 0 radical (unpaired) electrons. The van der Waals surface area contributed by atoms with E-state index in [0.29, 0.717) is 38.5 Å². The fourth-order valence-electron chi connectivity index (χ4n) is 4.13. The maximum atomic E-state index is 13.3. The lowest BCUT2D eigenvalue weighted by Gasteiger charge is -2.15. The number of hydrogen-bond acceptors (Lipinski definition) is 5. The summed E-state index contributed by atoms with van der Waals surface area (Å²) in [7, 11) is -2.57. The highest BCUT2D eigenvalue weighted by molar-refractivity contribution is 7.87. The Morgan fingerprint density at radius 3 is 2.38 bits per heavy atom. The zero-order valence-corrected chi connectivity index (χ0v) is 18.1. The molecule has 4 aromatic rings. The van der Waals surface area contributed by atoms with Crippen molar-refractivity contribution in [1.29, 1.82) is 0 Å². The molecule has 1 aliphatic rings. The number of carbonyl (C=O) groups excluding carboxylic acids is 2. The van der Waals surface area contributed by atoms with Crippen LogP contribution in [-0.4, -0.2) is 27.3 Å². The summed E-state index contributed by atoms with van der Waals surface area (Å²) in [5, 5.41) is 4.96. The van der Waals surface area contributed by atoms with Crippen LogP contribution in [0, 0.1) is 0 Å². The second kappa shape index (κ2) is 7.06. The van der Waals surface area contributed by atoms with Crippen LogP contribution in [0.1, 0.15) is 17.3 Å². The molecule has 1 aliphatic heterocycles.